The van der Waals surface area contributed by atoms with Gasteiger partial charge in [-0.15, -0.1) is 0 Å². The average Bonchev–Trinajstić information content (AvgIpc) is 3.14. The number of amides is 1. The number of anilines is 1. The molecule has 1 N–H and O–H groups in total. The summed E-state index contributed by atoms with van der Waals surface area (Å²) >= 11 is 0. The van der Waals surface area contributed by atoms with E-state index in [-0.39, 0.29) is 17.1 Å². The van der Waals surface area contributed by atoms with Gasteiger partial charge in [0.2, 0.25) is 0 Å². The molecule has 2 heterocycles. The first kappa shape index (κ1) is 19.1. The molecule has 0 saturated carbocycles. The Morgan fingerprint density at radius 3 is 2.57 bits per heavy atom. The lowest BCUT2D eigenvalue weighted by Crippen LogP contribution is -2.21. The number of carbonyl (C=O) groups excluding carboxylic acids is 2. The lowest BCUT2D eigenvalue weighted by molar-refractivity contribution is -0.143. The second-order valence-electron chi connectivity index (χ2n) is 5.53. The number of benzene rings is 1. The smallest absolute Gasteiger partial charge is 0.434 e. The maximum Gasteiger partial charge on any atom is 0.434 e. The number of alkyl halides is 3. The van der Waals surface area contributed by atoms with Crippen LogP contribution in [0.25, 0.3) is 5.82 Å². The maximum absolute atomic E-state index is 13.6. The topological polar surface area (TPSA) is 86.1 Å². The fourth-order valence-electron chi connectivity index (χ4n) is 2.48. The molecular formula is C18H13F3N4O3. The van der Waals surface area contributed by atoms with Crippen molar-refractivity contribution in [2.24, 2.45) is 0 Å². The molecule has 10 heteroatoms. The van der Waals surface area contributed by atoms with Gasteiger partial charge in [-0.3, -0.25) is 4.79 Å². The Morgan fingerprint density at radius 1 is 1.14 bits per heavy atom. The van der Waals surface area contributed by atoms with E-state index in [1.807, 2.05) is 0 Å². The van der Waals surface area contributed by atoms with E-state index < -0.39 is 29.3 Å². The third-order valence-electron chi connectivity index (χ3n) is 3.69. The van der Waals surface area contributed by atoms with Crippen molar-refractivity contribution in [3.63, 3.8) is 0 Å². The molecule has 0 unspecified atom stereocenters. The minimum absolute atomic E-state index is 0.0819. The number of pyridine rings is 1. The van der Waals surface area contributed by atoms with Crippen LogP contribution in [0.3, 0.4) is 0 Å². The molecule has 0 aliphatic heterocycles. The van der Waals surface area contributed by atoms with Gasteiger partial charge >= 0.3 is 12.1 Å². The molecule has 7 nitrogen and oxygen atoms in total. The molecule has 3 rings (SSSR count). The van der Waals surface area contributed by atoms with E-state index in [0.29, 0.717) is 4.68 Å². The van der Waals surface area contributed by atoms with Crippen LogP contribution in [0.1, 0.15) is 26.4 Å². The van der Waals surface area contributed by atoms with Gasteiger partial charge in [0, 0.05) is 11.9 Å². The fourth-order valence-corrected chi connectivity index (χ4v) is 2.48. The Morgan fingerprint density at radius 2 is 1.93 bits per heavy atom. The van der Waals surface area contributed by atoms with Crippen molar-refractivity contribution in [1.29, 1.82) is 0 Å². The summed E-state index contributed by atoms with van der Waals surface area (Å²) < 4.78 is 46.0. The molecular weight excluding hydrogens is 377 g/mol. The van der Waals surface area contributed by atoms with Crippen molar-refractivity contribution in [3.05, 3.63) is 71.7 Å². The molecule has 2 aromatic heterocycles. The van der Waals surface area contributed by atoms with E-state index in [4.69, 9.17) is 0 Å². The highest BCUT2D eigenvalue weighted by molar-refractivity contribution is 6.05. The monoisotopic (exact) mass is 390 g/mol. The molecule has 0 aliphatic carbocycles. The standard InChI is InChI=1S/C18H13F3N4O3/c1-28-17(27)11-5-4-6-12(9-11)24-16(26)13-10-23-25(15(13)18(19,20)21)14-7-2-3-8-22-14/h2-10H,1H3,(H,24,26). The van der Waals surface area contributed by atoms with Gasteiger partial charge < -0.3 is 10.1 Å². The van der Waals surface area contributed by atoms with Crippen LogP contribution in [0.2, 0.25) is 0 Å². The van der Waals surface area contributed by atoms with Crippen LogP contribution in [0.15, 0.2) is 54.9 Å². The third kappa shape index (κ3) is 3.85. The molecule has 0 radical (unpaired) electrons. The summed E-state index contributed by atoms with van der Waals surface area (Å²) in [6, 6.07) is 10.0. The van der Waals surface area contributed by atoms with Crippen LogP contribution in [0.4, 0.5) is 18.9 Å². The molecule has 0 fully saturated rings. The molecule has 28 heavy (non-hydrogen) atoms. The molecule has 0 bridgehead atoms. The van der Waals surface area contributed by atoms with Crippen LogP contribution >= 0.6 is 0 Å². The number of aromatic nitrogens is 3. The van der Waals surface area contributed by atoms with Crippen LogP contribution in [-0.2, 0) is 10.9 Å². The van der Waals surface area contributed by atoms with Gasteiger partial charge in [0.15, 0.2) is 11.5 Å². The number of esters is 1. The number of hydrogen-bond acceptors (Lipinski definition) is 5. The molecule has 1 aromatic carbocycles. The summed E-state index contributed by atoms with van der Waals surface area (Å²) in [5.74, 6) is -1.76. The second kappa shape index (κ2) is 7.51. The van der Waals surface area contributed by atoms with Gasteiger partial charge in [-0.2, -0.15) is 18.3 Å². The predicted molar refractivity (Wildman–Crippen MR) is 92.1 cm³/mol. The number of nitrogens with one attached hydrogen (secondary N) is 1. The van der Waals surface area contributed by atoms with Crippen LogP contribution in [0.5, 0.6) is 0 Å². The second-order valence-corrected chi connectivity index (χ2v) is 5.53. The Kier molecular flexibility index (Phi) is 5.12. The number of rotatable bonds is 4. The van der Waals surface area contributed by atoms with Gasteiger partial charge in [-0.05, 0) is 30.3 Å². The first-order chi connectivity index (χ1) is 13.3. The van der Waals surface area contributed by atoms with E-state index in [0.717, 1.165) is 6.20 Å². The lowest BCUT2D eigenvalue weighted by atomic mass is 10.2. The average molecular weight is 390 g/mol. The Bertz CT molecular complexity index is 1020. The van der Waals surface area contributed by atoms with E-state index in [1.54, 1.807) is 6.07 Å². The number of methoxy groups -OCH3 is 1. The molecule has 0 aliphatic rings. The van der Waals surface area contributed by atoms with Crippen LogP contribution < -0.4 is 5.32 Å². The SMILES string of the molecule is COC(=O)c1cccc(NC(=O)c2cnn(-c3ccccn3)c2C(F)(F)F)c1. The van der Waals surface area contributed by atoms with Crippen LogP contribution in [-0.4, -0.2) is 33.8 Å². The first-order valence-electron chi connectivity index (χ1n) is 7.87. The van der Waals surface area contributed by atoms with Crippen molar-refractivity contribution >= 4 is 17.6 Å². The number of hydrogen-bond donors (Lipinski definition) is 1. The molecule has 0 spiro atoms. The molecule has 3 aromatic rings. The summed E-state index contributed by atoms with van der Waals surface area (Å²) in [5, 5.41) is 6.01. The minimum atomic E-state index is -4.85. The summed E-state index contributed by atoms with van der Waals surface area (Å²) in [5.41, 5.74) is -1.67. The van der Waals surface area contributed by atoms with Gasteiger partial charge in [-0.25, -0.2) is 14.5 Å². The van der Waals surface area contributed by atoms with Crippen molar-refractivity contribution in [2.75, 3.05) is 12.4 Å². The zero-order chi connectivity index (χ0) is 20.3. The van der Waals surface area contributed by atoms with E-state index in [9.17, 15) is 22.8 Å². The van der Waals surface area contributed by atoms with Gasteiger partial charge in [0.1, 0.15) is 0 Å². The van der Waals surface area contributed by atoms with E-state index in [2.05, 4.69) is 20.1 Å². The Labute approximate surface area is 156 Å². The molecule has 0 atom stereocenters. The lowest BCUT2D eigenvalue weighted by Gasteiger charge is -2.12. The Hall–Kier alpha value is -3.69. The summed E-state index contributed by atoms with van der Waals surface area (Å²) in [6.07, 6.45) is -2.72. The van der Waals surface area contributed by atoms with Gasteiger partial charge in [-0.1, -0.05) is 12.1 Å². The molecule has 0 saturated heterocycles. The quantitative estimate of drug-likeness (QED) is 0.691. The minimum Gasteiger partial charge on any atom is -0.465 e. The molecule has 1 amide bonds. The first-order valence-corrected chi connectivity index (χ1v) is 7.87. The van der Waals surface area contributed by atoms with Gasteiger partial charge in [0.25, 0.3) is 5.91 Å². The third-order valence-corrected chi connectivity index (χ3v) is 3.69. The largest absolute Gasteiger partial charge is 0.465 e. The van der Waals surface area contributed by atoms with Crippen molar-refractivity contribution < 1.29 is 27.5 Å². The van der Waals surface area contributed by atoms with E-state index >= 15 is 0 Å². The highest BCUT2D eigenvalue weighted by Crippen LogP contribution is 2.33. The number of nitrogens with zero attached hydrogens (tertiary/aromatic N) is 3. The summed E-state index contributed by atoms with van der Waals surface area (Å²) in [7, 11) is 1.19. The predicted octanol–water partition coefficient (Wildman–Crippen LogP) is 3.33. The van der Waals surface area contributed by atoms with Crippen LogP contribution in [0, 0.1) is 0 Å². The summed E-state index contributed by atoms with van der Waals surface area (Å²) in [4.78, 5) is 27.9. The highest BCUT2D eigenvalue weighted by atomic mass is 19.4. The van der Waals surface area contributed by atoms with Crippen molar-refractivity contribution in [1.82, 2.24) is 14.8 Å². The maximum atomic E-state index is 13.6. The highest BCUT2D eigenvalue weighted by Gasteiger charge is 2.40. The normalized spacial score (nSPS) is 11.1. The van der Waals surface area contributed by atoms with Gasteiger partial charge in [0.05, 0.1) is 24.4 Å². The van der Waals surface area contributed by atoms with Crippen molar-refractivity contribution in [3.8, 4) is 5.82 Å². The zero-order valence-electron chi connectivity index (χ0n) is 14.4. The Balaban J connectivity index is 1.97. The summed E-state index contributed by atoms with van der Waals surface area (Å²) in [6.45, 7) is 0. The number of ether oxygens (including phenoxy) is 1. The number of carbonyl (C=O) groups is 2. The number of halogens is 3. The van der Waals surface area contributed by atoms with Crippen molar-refractivity contribution in [2.45, 2.75) is 6.18 Å². The zero-order valence-corrected chi connectivity index (χ0v) is 14.4. The van der Waals surface area contributed by atoms with E-state index in [1.165, 1.54) is 49.7 Å². The molecule has 144 valence electrons. The fraction of sp³-hybridized carbons (Fsp3) is 0.111.